The quantitative estimate of drug-likeness (QED) is 0.419. The summed E-state index contributed by atoms with van der Waals surface area (Å²) in [6, 6.07) is 12.2. The Labute approximate surface area is 241 Å². The van der Waals surface area contributed by atoms with E-state index in [9.17, 15) is 9.90 Å². The first kappa shape index (κ1) is 26.5. The van der Waals surface area contributed by atoms with Crippen molar-refractivity contribution in [2.24, 2.45) is 0 Å². The molecule has 3 aromatic carbocycles. The van der Waals surface area contributed by atoms with E-state index in [1.165, 1.54) is 19.2 Å². The van der Waals surface area contributed by atoms with Crippen molar-refractivity contribution in [3.8, 4) is 22.6 Å². The zero-order chi connectivity index (χ0) is 28.5. The summed E-state index contributed by atoms with van der Waals surface area (Å²) >= 11 is 6.69. The molecule has 4 aliphatic heterocycles. The van der Waals surface area contributed by atoms with Crippen LogP contribution >= 0.6 is 11.6 Å². The van der Waals surface area contributed by atoms with Gasteiger partial charge in [-0.05, 0) is 37.4 Å². The van der Waals surface area contributed by atoms with Crippen LogP contribution in [0, 0.1) is 11.6 Å². The minimum absolute atomic E-state index is 0.0205. The Kier molecular flexibility index (Phi) is 6.37. The van der Waals surface area contributed by atoms with E-state index >= 15 is 8.78 Å². The van der Waals surface area contributed by atoms with Gasteiger partial charge in [0.05, 0.1) is 28.8 Å². The number of nitrogens with zero attached hydrogens (tertiary/aromatic N) is 1. The Hall–Kier alpha value is -3.40. The van der Waals surface area contributed by atoms with Gasteiger partial charge in [-0.3, -0.25) is 4.79 Å². The largest absolute Gasteiger partial charge is 0.489 e. The van der Waals surface area contributed by atoms with E-state index in [4.69, 9.17) is 21.1 Å². The third-order valence-corrected chi connectivity index (χ3v) is 9.31. The lowest BCUT2D eigenvalue weighted by atomic mass is 9.80. The van der Waals surface area contributed by atoms with Crippen LogP contribution in [0.2, 0.25) is 5.02 Å². The summed E-state index contributed by atoms with van der Waals surface area (Å²) in [5.74, 6) is -1.61. The maximum atomic E-state index is 16.9. The van der Waals surface area contributed by atoms with E-state index in [1.54, 1.807) is 4.90 Å². The fraction of sp³-hybridized carbons (Fsp3) is 0.387. The minimum atomic E-state index is -0.878. The molecular formula is C31H30ClF2N3O4. The highest BCUT2D eigenvalue weighted by molar-refractivity contribution is 6.34. The third-order valence-electron chi connectivity index (χ3n) is 8.94. The number of fused-ring (bicyclic) bond motifs is 4. The lowest BCUT2D eigenvalue weighted by Gasteiger charge is -2.35. The first-order chi connectivity index (χ1) is 19.8. The molecule has 2 saturated heterocycles. The third kappa shape index (κ3) is 4.00. The molecule has 10 heteroatoms. The van der Waals surface area contributed by atoms with Gasteiger partial charge in [-0.2, -0.15) is 0 Å². The highest BCUT2D eigenvalue weighted by Crippen LogP contribution is 2.54. The zero-order valence-electron chi connectivity index (χ0n) is 22.5. The van der Waals surface area contributed by atoms with E-state index in [1.807, 2.05) is 30.3 Å². The van der Waals surface area contributed by atoms with Crippen LogP contribution in [-0.4, -0.2) is 55.9 Å². The molecule has 214 valence electrons. The Bertz CT molecular complexity index is 1550. The molecule has 4 heterocycles. The van der Waals surface area contributed by atoms with Gasteiger partial charge in [0, 0.05) is 42.8 Å². The number of aliphatic hydroxyl groups excluding tert-OH is 1. The lowest BCUT2D eigenvalue weighted by Crippen LogP contribution is -2.48. The maximum Gasteiger partial charge on any atom is 0.251 e. The molecule has 0 bridgehead atoms. The normalized spacial score (nSPS) is 26.2. The second-order valence-electron chi connectivity index (χ2n) is 11.3. The number of halogens is 3. The molecule has 3 aromatic rings. The van der Waals surface area contributed by atoms with E-state index in [-0.39, 0.29) is 64.1 Å². The van der Waals surface area contributed by atoms with Gasteiger partial charge < -0.3 is 30.1 Å². The Balaban J connectivity index is 1.47. The number of benzene rings is 3. The molecule has 41 heavy (non-hydrogen) atoms. The smallest absolute Gasteiger partial charge is 0.251 e. The van der Waals surface area contributed by atoms with Gasteiger partial charge in [-0.15, -0.1) is 0 Å². The van der Waals surface area contributed by atoms with Crippen LogP contribution in [-0.2, 0) is 12.0 Å². The second-order valence-corrected chi connectivity index (χ2v) is 11.6. The van der Waals surface area contributed by atoms with E-state index in [0.29, 0.717) is 18.4 Å². The van der Waals surface area contributed by atoms with Crippen LogP contribution in [0.5, 0.6) is 11.5 Å². The van der Waals surface area contributed by atoms with Crippen LogP contribution < -0.4 is 25.0 Å². The SMILES string of the molecule is CNC(=O)c1cc2c(c(F)c1-c1c(Cl)c(F)cc3c1C[C@](c1ccccc1)([C@@H]1CCCN1)O3)N1C[C@H](O)CC1CO2. The standard InChI is InChI=1S/C31H30ClF2N3O4/c1-35-30(39)19-11-23-29(37-14-18(38)10-17(37)15-40-23)28(34)26(19)25-20-13-31(24-8-5-9-36-24,16-6-3-2-4-7-16)41-22(20)12-21(33)27(25)32/h2-4,6-7,11-12,17-18,24,36,38H,5,8-10,13-15H2,1H3,(H,35,39)/t17?,18-,24+,31+/m1/s1. The number of rotatable bonds is 4. The van der Waals surface area contributed by atoms with Gasteiger partial charge in [0.2, 0.25) is 0 Å². The minimum Gasteiger partial charge on any atom is -0.489 e. The predicted octanol–water partition coefficient (Wildman–Crippen LogP) is 4.56. The average Bonchev–Trinajstić information content (AvgIpc) is 3.73. The lowest BCUT2D eigenvalue weighted by molar-refractivity contribution is 0.0539. The number of hydrogen-bond acceptors (Lipinski definition) is 6. The Morgan fingerprint density at radius 2 is 2.00 bits per heavy atom. The van der Waals surface area contributed by atoms with Crippen LogP contribution in [0.25, 0.3) is 11.1 Å². The van der Waals surface area contributed by atoms with E-state index in [2.05, 4.69) is 10.6 Å². The number of ether oxygens (including phenoxy) is 2. The molecule has 3 N–H and O–H groups in total. The van der Waals surface area contributed by atoms with Gasteiger partial charge in [0.15, 0.2) is 11.4 Å². The molecule has 4 atom stereocenters. The van der Waals surface area contributed by atoms with Crippen LogP contribution in [0.1, 0.15) is 40.7 Å². The first-order valence-corrected chi connectivity index (χ1v) is 14.4. The van der Waals surface area contributed by atoms with Crippen molar-refractivity contribution in [1.82, 2.24) is 10.6 Å². The topological polar surface area (TPSA) is 83.1 Å². The van der Waals surface area contributed by atoms with Crippen LogP contribution in [0.3, 0.4) is 0 Å². The molecule has 0 aliphatic carbocycles. The Morgan fingerprint density at radius 1 is 1.20 bits per heavy atom. The summed E-state index contributed by atoms with van der Waals surface area (Å²) < 4.78 is 45.1. The predicted molar refractivity (Wildman–Crippen MR) is 151 cm³/mol. The number of aliphatic hydroxyl groups is 1. The number of carbonyl (C=O) groups excluding carboxylic acids is 1. The van der Waals surface area contributed by atoms with Crippen molar-refractivity contribution >= 4 is 23.2 Å². The molecule has 4 aliphatic rings. The van der Waals surface area contributed by atoms with Crippen molar-refractivity contribution in [3.05, 3.63) is 75.8 Å². The van der Waals surface area contributed by atoms with Gasteiger partial charge >= 0.3 is 0 Å². The zero-order valence-corrected chi connectivity index (χ0v) is 23.2. The second kappa shape index (κ2) is 9.86. The van der Waals surface area contributed by atoms with E-state index < -0.39 is 29.2 Å². The molecule has 7 nitrogen and oxygen atoms in total. The molecule has 2 fully saturated rings. The number of hydrogen-bond donors (Lipinski definition) is 3. The van der Waals surface area contributed by atoms with Crippen LogP contribution in [0.15, 0.2) is 42.5 Å². The van der Waals surface area contributed by atoms with Crippen molar-refractivity contribution in [2.45, 2.75) is 49.5 Å². The summed E-state index contributed by atoms with van der Waals surface area (Å²) in [7, 11) is 1.45. The van der Waals surface area contributed by atoms with Crippen LogP contribution in [0.4, 0.5) is 14.5 Å². The molecule has 0 saturated carbocycles. The number of nitrogens with one attached hydrogen (secondary N) is 2. The highest BCUT2D eigenvalue weighted by atomic mass is 35.5. The first-order valence-electron chi connectivity index (χ1n) is 14.0. The molecule has 0 radical (unpaired) electrons. The maximum absolute atomic E-state index is 16.9. The fourth-order valence-corrected chi connectivity index (χ4v) is 7.35. The molecule has 7 rings (SSSR count). The summed E-state index contributed by atoms with van der Waals surface area (Å²) in [4.78, 5) is 15.0. The number of anilines is 1. The molecule has 0 aromatic heterocycles. The molecule has 0 spiro atoms. The summed E-state index contributed by atoms with van der Waals surface area (Å²) in [6.07, 6.45) is 1.90. The fourth-order valence-electron chi connectivity index (χ4n) is 7.08. The highest BCUT2D eigenvalue weighted by Gasteiger charge is 2.50. The molecule has 1 unspecified atom stereocenters. The summed E-state index contributed by atoms with van der Waals surface area (Å²) in [5.41, 5.74) is 0.676. The Morgan fingerprint density at radius 3 is 2.73 bits per heavy atom. The van der Waals surface area contributed by atoms with Crippen molar-refractivity contribution in [3.63, 3.8) is 0 Å². The summed E-state index contributed by atoms with van der Waals surface area (Å²) in [6.45, 7) is 1.30. The van der Waals surface area contributed by atoms with Gasteiger partial charge in [0.25, 0.3) is 5.91 Å². The van der Waals surface area contributed by atoms with Crippen molar-refractivity contribution in [2.75, 3.05) is 31.6 Å². The van der Waals surface area contributed by atoms with Gasteiger partial charge in [0.1, 0.15) is 29.6 Å². The average molecular weight is 582 g/mol. The molecule has 1 amide bonds. The molecular weight excluding hydrogens is 552 g/mol. The summed E-state index contributed by atoms with van der Waals surface area (Å²) in [5, 5.41) is 16.2. The van der Waals surface area contributed by atoms with Gasteiger partial charge in [-0.1, -0.05) is 41.9 Å². The number of carbonyl (C=O) groups is 1. The van der Waals surface area contributed by atoms with Crippen molar-refractivity contribution < 1.29 is 28.2 Å². The number of amides is 1. The van der Waals surface area contributed by atoms with E-state index in [0.717, 1.165) is 24.9 Å². The van der Waals surface area contributed by atoms with Crippen molar-refractivity contribution in [1.29, 1.82) is 0 Å². The van der Waals surface area contributed by atoms with Gasteiger partial charge in [-0.25, -0.2) is 8.78 Å². The monoisotopic (exact) mass is 581 g/mol.